The third kappa shape index (κ3) is 4.29. The van der Waals surface area contributed by atoms with E-state index in [0.717, 1.165) is 17.8 Å². The lowest BCUT2D eigenvalue weighted by Crippen LogP contribution is -2.48. The van der Waals surface area contributed by atoms with Gasteiger partial charge < -0.3 is 10.6 Å². The number of amides is 1. The highest BCUT2D eigenvalue weighted by molar-refractivity contribution is 7.91. The molecule has 9 heteroatoms. The molecule has 24 heavy (non-hydrogen) atoms. The van der Waals surface area contributed by atoms with Gasteiger partial charge in [-0.1, -0.05) is 31.9 Å². The zero-order valence-electron chi connectivity index (χ0n) is 13.9. The van der Waals surface area contributed by atoms with Gasteiger partial charge in [-0.25, -0.2) is 8.42 Å². The molecule has 1 saturated heterocycles. The third-order valence-corrected chi connectivity index (χ3v) is 8.05. The van der Waals surface area contributed by atoms with Crippen LogP contribution in [0.4, 0.5) is 0 Å². The SMILES string of the molecule is CCC(C)C(N)C(=O)N1CCCN(S(=O)(=O)c2ccc(Cl)s2)CC1. The number of rotatable bonds is 5. The molecule has 1 aromatic heterocycles. The zero-order valence-corrected chi connectivity index (χ0v) is 16.3. The second kappa shape index (κ2) is 8.14. The fraction of sp³-hybridized carbons (Fsp3) is 0.667. The molecule has 1 aliphatic heterocycles. The number of nitrogens with two attached hydrogens (primary N) is 1. The molecule has 1 amide bonds. The lowest BCUT2D eigenvalue weighted by atomic mass is 9.99. The number of hydrogen-bond acceptors (Lipinski definition) is 5. The van der Waals surface area contributed by atoms with Crippen LogP contribution in [0.15, 0.2) is 16.3 Å². The van der Waals surface area contributed by atoms with E-state index in [-0.39, 0.29) is 22.6 Å². The van der Waals surface area contributed by atoms with Crippen LogP contribution >= 0.6 is 22.9 Å². The Bertz CT molecular complexity index is 677. The molecule has 1 aromatic rings. The van der Waals surface area contributed by atoms with Crippen LogP contribution in [-0.2, 0) is 14.8 Å². The number of nitrogens with zero attached hydrogens (tertiary/aromatic N) is 2. The van der Waals surface area contributed by atoms with Gasteiger partial charge in [-0.15, -0.1) is 11.3 Å². The van der Waals surface area contributed by atoms with Gasteiger partial charge in [0.25, 0.3) is 10.0 Å². The van der Waals surface area contributed by atoms with Gasteiger partial charge in [0.05, 0.1) is 10.4 Å². The van der Waals surface area contributed by atoms with Crippen LogP contribution < -0.4 is 5.73 Å². The van der Waals surface area contributed by atoms with Crippen molar-refractivity contribution in [3.8, 4) is 0 Å². The van der Waals surface area contributed by atoms with Gasteiger partial charge in [0.1, 0.15) is 4.21 Å². The van der Waals surface area contributed by atoms with Crippen molar-refractivity contribution in [3.05, 3.63) is 16.5 Å². The van der Waals surface area contributed by atoms with Crippen molar-refractivity contribution in [1.82, 2.24) is 9.21 Å². The van der Waals surface area contributed by atoms with Crippen molar-refractivity contribution < 1.29 is 13.2 Å². The molecule has 136 valence electrons. The van der Waals surface area contributed by atoms with Crippen LogP contribution in [0, 0.1) is 5.92 Å². The molecular formula is C15H24ClN3O3S2. The lowest BCUT2D eigenvalue weighted by Gasteiger charge is -2.27. The highest BCUT2D eigenvalue weighted by Crippen LogP contribution is 2.28. The smallest absolute Gasteiger partial charge is 0.252 e. The third-order valence-electron chi connectivity index (χ3n) is 4.45. The molecule has 2 unspecified atom stereocenters. The molecule has 0 radical (unpaired) electrons. The number of carbonyl (C=O) groups is 1. The van der Waals surface area contributed by atoms with Crippen LogP contribution in [0.3, 0.4) is 0 Å². The fourth-order valence-electron chi connectivity index (χ4n) is 2.63. The Morgan fingerprint density at radius 1 is 1.33 bits per heavy atom. The number of hydrogen-bond donors (Lipinski definition) is 1. The molecule has 0 spiro atoms. The van der Waals surface area contributed by atoms with Gasteiger partial charge in [-0.05, 0) is 24.5 Å². The summed E-state index contributed by atoms with van der Waals surface area (Å²) in [7, 11) is -3.56. The van der Waals surface area contributed by atoms with Crippen LogP contribution in [0.5, 0.6) is 0 Å². The molecule has 2 N–H and O–H groups in total. The Morgan fingerprint density at radius 3 is 2.62 bits per heavy atom. The summed E-state index contributed by atoms with van der Waals surface area (Å²) in [4.78, 5) is 14.2. The summed E-state index contributed by atoms with van der Waals surface area (Å²) in [5.74, 6) is 0.0108. The van der Waals surface area contributed by atoms with Crippen molar-refractivity contribution in [2.75, 3.05) is 26.2 Å². The first-order chi connectivity index (χ1) is 11.3. The number of thiophene rings is 1. The van der Waals surface area contributed by atoms with Crippen molar-refractivity contribution >= 4 is 38.9 Å². The first-order valence-corrected chi connectivity index (χ1v) is 10.7. The molecule has 0 aliphatic carbocycles. The van der Waals surface area contributed by atoms with E-state index in [1.807, 2.05) is 13.8 Å². The van der Waals surface area contributed by atoms with Crippen LogP contribution in [0.2, 0.25) is 4.34 Å². The second-order valence-corrected chi connectivity index (χ2v) is 9.93. The minimum Gasteiger partial charge on any atom is -0.340 e. The van der Waals surface area contributed by atoms with Crippen molar-refractivity contribution in [2.45, 2.75) is 36.9 Å². The van der Waals surface area contributed by atoms with E-state index in [1.54, 1.807) is 11.0 Å². The molecule has 6 nitrogen and oxygen atoms in total. The van der Waals surface area contributed by atoms with E-state index in [4.69, 9.17) is 17.3 Å². The molecule has 2 rings (SSSR count). The standard InChI is InChI=1S/C15H24ClN3O3S2/c1-3-11(2)14(17)15(20)18-7-4-8-19(10-9-18)24(21,22)13-6-5-12(16)23-13/h5-6,11,14H,3-4,7-10,17H2,1-2H3. The van der Waals surface area contributed by atoms with Crippen LogP contribution in [0.25, 0.3) is 0 Å². The van der Waals surface area contributed by atoms with Gasteiger partial charge in [0.2, 0.25) is 5.91 Å². The van der Waals surface area contributed by atoms with Crippen LogP contribution in [-0.4, -0.2) is 55.8 Å². The van der Waals surface area contributed by atoms with E-state index in [1.165, 1.54) is 10.4 Å². The molecule has 1 fully saturated rings. The van der Waals surface area contributed by atoms with E-state index in [2.05, 4.69) is 0 Å². The van der Waals surface area contributed by atoms with E-state index in [0.29, 0.717) is 30.4 Å². The maximum absolute atomic E-state index is 12.7. The normalized spacial score (nSPS) is 19.8. The van der Waals surface area contributed by atoms with Crippen LogP contribution in [0.1, 0.15) is 26.7 Å². The predicted octanol–water partition coefficient (Wildman–Crippen LogP) is 2.00. The summed E-state index contributed by atoms with van der Waals surface area (Å²) < 4.78 is 27.4. The Labute approximate surface area is 152 Å². The van der Waals surface area contributed by atoms with Crippen molar-refractivity contribution in [2.24, 2.45) is 11.7 Å². The Morgan fingerprint density at radius 2 is 2.04 bits per heavy atom. The maximum Gasteiger partial charge on any atom is 0.252 e. The lowest BCUT2D eigenvalue weighted by molar-refractivity contribution is -0.133. The topological polar surface area (TPSA) is 83.7 Å². The summed E-state index contributed by atoms with van der Waals surface area (Å²) in [5.41, 5.74) is 6.03. The minimum atomic E-state index is -3.56. The van der Waals surface area contributed by atoms with E-state index < -0.39 is 16.1 Å². The Hall–Kier alpha value is -0.670. The summed E-state index contributed by atoms with van der Waals surface area (Å²) >= 11 is 6.90. The minimum absolute atomic E-state index is 0.0947. The van der Waals surface area contributed by atoms with Crippen molar-refractivity contribution in [3.63, 3.8) is 0 Å². The first-order valence-electron chi connectivity index (χ1n) is 8.07. The zero-order chi connectivity index (χ0) is 17.9. The van der Waals surface area contributed by atoms with Gasteiger partial charge >= 0.3 is 0 Å². The summed E-state index contributed by atoms with van der Waals surface area (Å²) in [6, 6.07) is 2.57. The van der Waals surface area contributed by atoms with Gasteiger partial charge in [0.15, 0.2) is 0 Å². The van der Waals surface area contributed by atoms with Crippen molar-refractivity contribution in [1.29, 1.82) is 0 Å². The van der Waals surface area contributed by atoms with Gasteiger partial charge in [-0.3, -0.25) is 4.79 Å². The summed E-state index contributed by atoms with van der Waals surface area (Å²) in [5, 5.41) is 0. The quantitative estimate of drug-likeness (QED) is 0.829. The molecular weight excluding hydrogens is 370 g/mol. The highest BCUT2D eigenvalue weighted by Gasteiger charge is 2.31. The summed E-state index contributed by atoms with van der Waals surface area (Å²) in [6.07, 6.45) is 1.43. The van der Waals surface area contributed by atoms with E-state index in [9.17, 15) is 13.2 Å². The van der Waals surface area contributed by atoms with E-state index >= 15 is 0 Å². The molecule has 1 aliphatic rings. The molecule has 2 heterocycles. The summed E-state index contributed by atoms with van der Waals surface area (Å²) in [6.45, 7) is 5.51. The monoisotopic (exact) mass is 393 g/mol. The van der Waals surface area contributed by atoms with Gasteiger partial charge in [-0.2, -0.15) is 4.31 Å². The molecule has 0 bridgehead atoms. The average molecular weight is 394 g/mol. The Balaban J connectivity index is 2.06. The fourth-order valence-corrected chi connectivity index (χ4v) is 5.73. The molecule has 0 aromatic carbocycles. The second-order valence-electron chi connectivity index (χ2n) is 6.05. The number of sulfonamides is 1. The number of halogens is 1. The maximum atomic E-state index is 12.7. The Kier molecular flexibility index (Phi) is 6.66. The first kappa shape index (κ1) is 19.7. The molecule has 0 saturated carbocycles. The van der Waals surface area contributed by atoms with Gasteiger partial charge in [0, 0.05) is 26.2 Å². The average Bonchev–Trinajstić information content (AvgIpc) is 2.85. The largest absolute Gasteiger partial charge is 0.340 e. The molecule has 2 atom stereocenters. The number of carbonyl (C=O) groups excluding carboxylic acids is 1. The highest BCUT2D eigenvalue weighted by atomic mass is 35.5. The predicted molar refractivity (Wildman–Crippen MR) is 96.7 cm³/mol.